The number of aromatic nitrogens is 3. The van der Waals surface area contributed by atoms with Gasteiger partial charge in [-0.2, -0.15) is 5.10 Å². The maximum atomic E-state index is 13.2. The van der Waals surface area contributed by atoms with Crippen molar-refractivity contribution in [3.05, 3.63) is 54.7 Å². The molecule has 2 heterocycles. The minimum absolute atomic E-state index is 0.198. The Morgan fingerprint density at radius 3 is 2.88 bits per heavy atom. The average Bonchev–Trinajstić information content (AvgIpc) is 2.94. The highest BCUT2D eigenvalue weighted by molar-refractivity contribution is 5.80. The maximum Gasteiger partial charge on any atom is 0.125 e. The van der Waals surface area contributed by atoms with Gasteiger partial charge in [-0.15, -0.1) is 0 Å². The summed E-state index contributed by atoms with van der Waals surface area (Å²) < 4.78 is 17.1. The zero-order valence-electron chi connectivity index (χ0n) is 9.25. The van der Waals surface area contributed by atoms with Gasteiger partial charge in [0.05, 0.1) is 12.1 Å². The molecule has 0 radical (unpaired) electrons. The van der Waals surface area contributed by atoms with Crippen LogP contribution in [0.15, 0.2) is 48.9 Å². The van der Waals surface area contributed by atoms with Crippen LogP contribution in [0.2, 0.25) is 0 Å². The van der Waals surface area contributed by atoms with Crippen molar-refractivity contribution in [2.24, 2.45) is 0 Å². The first kappa shape index (κ1) is 10.1. The molecular formula is C13H12FN3. The summed E-state index contributed by atoms with van der Waals surface area (Å²) in [5, 5.41) is 5.20. The van der Waals surface area contributed by atoms with E-state index in [0.29, 0.717) is 0 Å². The van der Waals surface area contributed by atoms with Crippen LogP contribution in [0.4, 0.5) is 4.39 Å². The molecule has 0 aliphatic rings. The lowest BCUT2D eigenvalue weighted by molar-refractivity contribution is 0.542. The monoisotopic (exact) mass is 229 g/mol. The summed E-state index contributed by atoms with van der Waals surface area (Å²) in [6.45, 7) is 1.57. The number of hydrogen-bond donors (Lipinski definition) is 0. The number of fused-ring (bicyclic) bond motifs is 1. The summed E-state index contributed by atoms with van der Waals surface area (Å²) in [4.78, 5) is 0. The summed E-state index contributed by atoms with van der Waals surface area (Å²) in [5.41, 5.74) is 0.928. The number of hydrogen-bond acceptors (Lipinski definition) is 1. The first-order chi connectivity index (χ1) is 8.33. The van der Waals surface area contributed by atoms with E-state index in [9.17, 15) is 4.39 Å². The molecule has 0 N–H and O–H groups in total. The Hall–Kier alpha value is -2.10. The van der Waals surface area contributed by atoms with Crippen LogP contribution in [0, 0.1) is 5.82 Å². The first-order valence-electron chi connectivity index (χ1n) is 5.55. The van der Waals surface area contributed by atoms with Gasteiger partial charge in [-0.3, -0.25) is 4.68 Å². The van der Waals surface area contributed by atoms with Crippen molar-refractivity contribution >= 4 is 10.9 Å². The van der Waals surface area contributed by atoms with Crippen molar-refractivity contribution in [3.8, 4) is 0 Å². The van der Waals surface area contributed by atoms with E-state index in [1.807, 2.05) is 33.8 Å². The third kappa shape index (κ3) is 1.93. The summed E-state index contributed by atoms with van der Waals surface area (Å²) in [5.74, 6) is -0.198. The van der Waals surface area contributed by atoms with Gasteiger partial charge in [0, 0.05) is 25.1 Å². The van der Waals surface area contributed by atoms with E-state index in [1.54, 1.807) is 18.3 Å². The Kier molecular flexibility index (Phi) is 2.40. The maximum absolute atomic E-state index is 13.2. The van der Waals surface area contributed by atoms with E-state index >= 15 is 0 Å². The third-order valence-electron chi connectivity index (χ3n) is 2.87. The standard InChI is InChI=1S/C13H12FN3/c14-12-3-2-11-4-7-16(13(11)10-12)8-9-17-6-1-5-15-17/h1-7,10H,8-9H2. The van der Waals surface area contributed by atoms with Crippen molar-refractivity contribution in [3.63, 3.8) is 0 Å². The first-order valence-corrected chi connectivity index (χ1v) is 5.55. The van der Waals surface area contributed by atoms with Crippen LogP contribution < -0.4 is 0 Å². The molecule has 0 aliphatic heterocycles. The van der Waals surface area contributed by atoms with Gasteiger partial charge in [-0.1, -0.05) is 0 Å². The van der Waals surface area contributed by atoms with Crippen molar-refractivity contribution in [1.29, 1.82) is 0 Å². The zero-order valence-corrected chi connectivity index (χ0v) is 9.25. The Bertz CT molecular complexity index is 625. The molecule has 0 saturated heterocycles. The normalized spacial score (nSPS) is 11.1. The molecule has 0 fully saturated rings. The predicted octanol–water partition coefficient (Wildman–Crippen LogP) is 2.68. The van der Waals surface area contributed by atoms with Gasteiger partial charge in [0.1, 0.15) is 5.82 Å². The van der Waals surface area contributed by atoms with Gasteiger partial charge in [0.15, 0.2) is 0 Å². The minimum atomic E-state index is -0.198. The van der Waals surface area contributed by atoms with E-state index in [2.05, 4.69) is 5.10 Å². The van der Waals surface area contributed by atoms with Crippen LogP contribution in [0.25, 0.3) is 10.9 Å². The number of nitrogens with zero attached hydrogens (tertiary/aromatic N) is 3. The van der Waals surface area contributed by atoms with Gasteiger partial charge in [0.25, 0.3) is 0 Å². The topological polar surface area (TPSA) is 22.8 Å². The molecule has 0 unspecified atom stereocenters. The summed E-state index contributed by atoms with van der Waals surface area (Å²) in [6.07, 6.45) is 5.66. The largest absolute Gasteiger partial charge is 0.346 e. The molecule has 3 aromatic rings. The van der Waals surface area contributed by atoms with Gasteiger partial charge in [0.2, 0.25) is 0 Å². The fourth-order valence-corrected chi connectivity index (χ4v) is 1.99. The molecule has 0 bridgehead atoms. The Morgan fingerprint density at radius 1 is 1.12 bits per heavy atom. The minimum Gasteiger partial charge on any atom is -0.346 e. The number of benzene rings is 1. The number of rotatable bonds is 3. The van der Waals surface area contributed by atoms with Gasteiger partial charge >= 0.3 is 0 Å². The molecular weight excluding hydrogens is 217 g/mol. The SMILES string of the molecule is Fc1ccc2ccn(CCn3cccn3)c2c1. The van der Waals surface area contributed by atoms with E-state index in [4.69, 9.17) is 0 Å². The molecule has 0 spiro atoms. The molecule has 2 aromatic heterocycles. The summed E-state index contributed by atoms with van der Waals surface area (Å²) in [6, 6.07) is 8.75. The Balaban J connectivity index is 1.87. The number of aryl methyl sites for hydroxylation is 2. The van der Waals surface area contributed by atoms with Crippen LogP contribution in [0.5, 0.6) is 0 Å². The van der Waals surface area contributed by atoms with Crippen molar-refractivity contribution in [1.82, 2.24) is 14.3 Å². The third-order valence-corrected chi connectivity index (χ3v) is 2.87. The van der Waals surface area contributed by atoms with Gasteiger partial charge in [-0.25, -0.2) is 4.39 Å². The van der Waals surface area contributed by atoms with E-state index in [0.717, 1.165) is 24.0 Å². The van der Waals surface area contributed by atoms with Crippen LogP contribution in [-0.2, 0) is 13.1 Å². The molecule has 0 amide bonds. The highest BCUT2D eigenvalue weighted by atomic mass is 19.1. The molecule has 4 heteroatoms. The zero-order chi connectivity index (χ0) is 11.7. The lowest BCUT2D eigenvalue weighted by atomic mass is 10.2. The van der Waals surface area contributed by atoms with Crippen LogP contribution in [0.3, 0.4) is 0 Å². The quantitative estimate of drug-likeness (QED) is 0.677. The smallest absolute Gasteiger partial charge is 0.125 e. The van der Waals surface area contributed by atoms with Crippen LogP contribution in [-0.4, -0.2) is 14.3 Å². The van der Waals surface area contributed by atoms with Crippen molar-refractivity contribution in [2.45, 2.75) is 13.1 Å². The Labute approximate surface area is 98.1 Å². The summed E-state index contributed by atoms with van der Waals surface area (Å²) in [7, 11) is 0. The molecule has 3 nitrogen and oxygen atoms in total. The van der Waals surface area contributed by atoms with E-state index in [1.165, 1.54) is 6.07 Å². The van der Waals surface area contributed by atoms with Gasteiger partial charge in [-0.05, 0) is 35.7 Å². The van der Waals surface area contributed by atoms with Crippen LogP contribution in [0.1, 0.15) is 0 Å². The molecule has 17 heavy (non-hydrogen) atoms. The predicted molar refractivity (Wildman–Crippen MR) is 64.1 cm³/mol. The molecule has 0 atom stereocenters. The average molecular weight is 229 g/mol. The second-order valence-corrected chi connectivity index (χ2v) is 3.98. The molecule has 86 valence electrons. The van der Waals surface area contributed by atoms with Crippen LogP contribution >= 0.6 is 0 Å². The van der Waals surface area contributed by atoms with Gasteiger partial charge < -0.3 is 4.57 Å². The molecule has 1 aromatic carbocycles. The molecule has 0 saturated carbocycles. The fourth-order valence-electron chi connectivity index (χ4n) is 1.99. The number of halogens is 1. The molecule has 0 aliphatic carbocycles. The second-order valence-electron chi connectivity index (χ2n) is 3.98. The lowest BCUT2D eigenvalue weighted by Gasteiger charge is -2.05. The Morgan fingerprint density at radius 2 is 2.06 bits per heavy atom. The van der Waals surface area contributed by atoms with Crippen molar-refractivity contribution < 1.29 is 4.39 Å². The fraction of sp³-hybridized carbons (Fsp3) is 0.154. The lowest BCUT2D eigenvalue weighted by Crippen LogP contribution is -2.06. The van der Waals surface area contributed by atoms with Crippen molar-refractivity contribution in [2.75, 3.05) is 0 Å². The summed E-state index contributed by atoms with van der Waals surface area (Å²) >= 11 is 0. The van der Waals surface area contributed by atoms with E-state index in [-0.39, 0.29) is 5.82 Å². The van der Waals surface area contributed by atoms with E-state index < -0.39 is 0 Å². The highest BCUT2D eigenvalue weighted by Crippen LogP contribution is 2.17. The molecule has 3 rings (SSSR count). The second kappa shape index (κ2) is 4.05. The highest BCUT2D eigenvalue weighted by Gasteiger charge is 2.02.